The third-order valence-corrected chi connectivity index (χ3v) is 3.33. The molecule has 1 aromatic rings. The van der Waals surface area contributed by atoms with Crippen LogP contribution in [0.4, 0.5) is 5.69 Å². The van der Waals surface area contributed by atoms with Gasteiger partial charge in [0.1, 0.15) is 0 Å². The van der Waals surface area contributed by atoms with Gasteiger partial charge in [0.25, 0.3) is 0 Å². The largest absolute Gasteiger partial charge is 0.398 e. The van der Waals surface area contributed by atoms with E-state index in [2.05, 4.69) is 32.6 Å². The van der Waals surface area contributed by atoms with Crippen LogP contribution in [-0.2, 0) is 0 Å². The van der Waals surface area contributed by atoms with Gasteiger partial charge in [0, 0.05) is 16.3 Å². The van der Waals surface area contributed by atoms with Gasteiger partial charge in [-0.05, 0) is 31.0 Å². The van der Waals surface area contributed by atoms with Crippen LogP contribution in [0.25, 0.3) is 0 Å². The molecule has 0 aromatic heterocycles. The molecule has 0 spiro atoms. The van der Waals surface area contributed by atoms with Gasteiger partial charge in [-0.1, -0.05) is 25.1 Å². The molecule has 1 aromatic carbocycles. The zero-order valence-corrected chi connectivity index (χ0v) is 9.66. The lowest BCUT2D eigenvalue weighted by atomic mass is 10.2. The second-order valence-electron chi connectivity index (χ2n) is 3.43. The van der Waals surface area contributed by atoms with Crippen molar-refractivity contribution in [3.05, 3.63) is 35.9 Å². The maximum Gasteiger partial charge on any atom is 0.0454 e. The summed E-state index contributed by atoms with van der Waals surface area (Å²) in [5, 5.41) is 0. The number of anilines is 1. The molecular weight excluding hydrogens is 190 g/mol. The fourth-order valence-electron chi connectivity index (χ4n) is 1.08. The topological polar surface area (TPSA) is 26.0 Å². The highest BCUT2D eigenvalue weighted by Gasteiger charge is 2.00. The van der Waals surface area contributed by atoms with E-state index in [4.69, 9.17) is 5.73 Å². The van der Waals surface area contributed by atoms with Gasteiger partial charge in [0.15, 0.2) is 0 Å². The molecule has 76 valence electrons. The number of hydrogen-bond donors (Lipinski definition) is 1. The first kappa shape index (κ1) is 11.2. The molecule has 0 amide bonds. The molecule has 1 nitrogen and oxygen atoms in total. The summed E-state index contributed by atoms with van der Waals surface area (Å²) in [6.07, 6.45) is 1.04. The van der Waals surface area contributed by atoms with Gasteiger partial charge in [-0.15, -0.1) is 11.8 Å². The molecule has 1 rings (SSSR count). The molecule has 0 unspecified atom stereocenters. The fraction of sp³-hybridized carbons (Fsp3) is 0.333. The molecule has 2 N–H and O–H groups in total. The summed E-state index contributed by atoms with van der Waals surface area (Å²) >= 11 is 1.76. The summed E-state index contributed by atoms with van der Waals surface area (Å²) in [5.41, 5.74) is 9.24. The molecule has 0 aliphatic carbocycles. The molecule has 0 aliphatic heterocycles. The Hall–Kier alpha value is -0.890. The maximum atomic E-state index is 5.90. The van der Waals surface area contributed by atoms with E-state index in [-0.39, 0.29) is 0 Å². The SMILES string of the molecule is C=C(CC)CSc1ccc(C)cc1N. The molecule has 0 bridgehead atoms. The summed E-state index contributed by atoms with van der Waals surface area (Å²) in [5.74, 6) is 0.962. The maximum absolute atomic E-state index is 5.90. The average molecular weight is 207 g/mol. The predicted octanol–water partition coefficient (Wildman–Crippen LogP) is 3.64. The Morgan fingerprint density at radius 2 is 2.21 bits per heavy atom. The Kier molecular flexibility index (Phi) is 4.08. The van der Waals surface area contributed by atoms with Crippen molar-refractivity contribution in [2.24, 2.45) is 0 Å². The lowest BCUT2D eigenvalue weighted by Crippen LogP contribution is -1.91. The molecule has 0 radical (unpaired) electrons. The van der Waals surface area contributed by atoms with E-state index in [0.717, 1.165) is 22.8 Å². The van der Waals surface area contributed by atoms with Crippen molar-refractivity contribution in [2.45, 2.75) is 25.2 Å². The number of hydrogen-bond acceptors (Lipinski definition) is 2. The highest BCUT2D eigenvalue weighted by molar-refractivity contribution is 7.99. The lowest BCUT2D eigenvalue weighted by molar-refractivity contribution is 1.12. The number of thioether (sulfide) groups is 1. The first-order valence-corrected chi connectivity index (χ1v) is 5.77. The first-order chi connectivity index (χ1) is 6.63. The van der Waals surface area contributed by atoms with Gasteiger partial charge in [-0.3, -0.25) is 0 Å². The molecule has 0 atom stereocenters. The van der Waals surface area contributed by atoms with Crippen molar-refractivity contribution in [1.29, 1.82) is 0 Å². The van der Waals surface area contributed by atoms with E-state index in [1.54, 1.807) is 11.8 Å². The normalized spacial score (nSPS) is 10.1. The van der Waals surface area contributed by atoms with Gasteiger partial charge in [0.2, 0.25) is 0 Å². The fourth-order valence-corrected chi connectivity index (χ4v) is 2.03. The standard InChI is InChI=1S/C12H17NS/c1-4-9(2)8-14-12-6-5-10(3)7-11(12)13/h5-7H,2,4,8,13H2,1,3H3. The molecule has 14 heavy (non-hydrogen) atoms. The van der Waals surface area contributed by atoms with Gasteiger partial charge in [-0.2, -0.15) is 0 Å². The summed E-state index contributed by atoms with van der Waals surface area (Å²) < 4.78 is 0. The minimum absolute atomic E-state index is 0.874. The summed E-state index contributed by atoms with van der Waals surface area (Å²) in [7, 11) is 0. The zero-order valence-electron chi connectivity index (χ0n) is 8.84. The smallest absolute Gasteiger partial charge is 0.0454 e. The Labute approximate surface area is 90.4 Å². The number of nitrogen functional groups attached to an aromatic ring is 1. The monoisotopic (exact) mass is 207 g/mol. The molecule has 0 saturated heterocycles. The molecule has 0 aliphatic rings. The van der Waals surface area contributed by atoms with Crippen molar-refractivity contribution >= 4 is 17.4 Å². The Bertz CT molecular complexity index is 331. The minimum atomic E-state index is 0.874. The molecular formula is C12H17NS. The van der Waals surface area contributed by atoms with Crippen molar-refractivity contribution in [2.75, 3.05) is 11.5 Å². The first-order valence-electron chi connectivity index (χ1n) is 4.79. The summed E-state index contributed by atoms with van der Waals surface area (Å²) in [4.78, 5) is 1.16. The van der Waals surface area contributed by atoms with Crippen LogP contribution in [0.2, 0.25) is 0 Å². The molecule has 2 heteroatoms. The predicted molar refractivity (Wildman–Crippen MR) is 65.7 cm³/mol. The number of nitrogens with two attached hydrogens (primary N) is 1. The van der Waals surface area contributed by atoms with Crippen molar-refractivity contribution in [1.82, 2.24) is 0 Å². The quantitative estimate of drug-likeness (QED) is 0.463. The van der Waals surface area contributed by atoms with E-state index >= 15 is 0 Å². The summed E-state index contributed by atoms with van der Waals surface area (Å²) in [6.45, 7) is 8.15. The highest BCUT2D eigenvalue weighted by atomic mass is 32.2. The Morgan fingerprint density at radius 3 is 2.79 bits per heavy atom. The van der Waals surface area contributed by atoms with E-state index in [1.807, 2.05) is 6.07 Å². The second kappa shape index (κ2) is 5.11. The van der Waals surface area contributed by atoms with E-state index in [1.165, 1.54) is 11.1 Å². The Balaban J connectivity index is 2.63. The highest BCUT2D eigenvalue weighted by Crippen LogP contribution is 2.27. The molecule has 0 fully saturated rings. The number of benzene rings is 1. The van der Waals surface area contributed by atoms with Gasteiger partial charge in [-0.25, -0.2) is 0 Å². The van der Waals surface area contributed by atoms with Gasteiger partial charge in [0.05, 0.1) is 0 Å². The molecule has 0 saturated carbocycles. The Morgan fingerprint density at radius 1 is 1.50 bits per heavy atom. The second-order valence-corrected chi connectivity index (χ2v) is 4.45. The van der Waals surface area contributed by atoms with Crippen molar-refractivity contribution in [3.8, 4) is 0 Å². The van der Waals surface area contributed by atoms with Crippen LogP contribution in [-0.4, -0.2) is 5.75 Å². The minimum Gasteiger partial charge on any atom is -0.398 e. The van der Waals surface area contributed by atoms with Gasteiger partial charge < -0.3 is 5.73 Å². The lowest BCUT2D eigenvalue weighted by Gasteiger charge is -2.06. The zero-order chi connectivity index (χ0) is 10.6. The van der Waals surface area contributed by atoms with Crippen LogP contribution >= 0.6 is 11.8 Å². The third-order valence-electron chi connectivity index (χ3n) is 2.10. The average Bonchev–Trinajstić information content (AvgIpc) is 2.16. The van der Waals surface area contributed by atoms with Crippen LogP contribution in [0.1, 0.15) is 18.9 Å². The van der Waals surface area contributed by atoms with Crippen LogP contribution in [0.3, 0.4) is 0 Å². The van der Waals surface area contributed by atoms with Crippen LogP contribution in [0, 0.1) is 6.92 Å². The van der Waals surface area contributed by atoms with E-state index in [0.29, 0.717) is 0 Å². The third kappa shape index (κ3) is 3.11. The van der Waals surface area contributed by atoms with Crippen LogP contribution < -0.4 is 5.73 Å². The number of aryl methyl sites for hydroxylation is 1. The van der Waals surface area contributed by atoms with Crippen LogP contribution in [0.5, 0.6) is 0 Å². The van der Waals surface area contributed by atoms with Crippen molar-refractivity contribution in [3.63, 3.8) is 0 Å². The van der Waals surface area contributed by atoms with Crippen molar-refractivity contribution < 1.29 is 0 Å². The van der Waals surface area contributed by atoms with E-state index < -0.39 is 0 Å². The van der Waals surface area contributed by atoms with E-state index in [9.17, 15) is 0 Å². The molecule has 0 heterocycles. The van der Waals surface area contributed by atoms with Crippen LogP contribution in [0.15, 0.2) is 35.2 Å². The number of rotatable bonds is 4. The van der Waals surface area contributed by atoms with Gasteiger partial charge >= 0.3 is 0 Å². The summed E-state index contributed by atoms with van der Waals surface area (Å²) in [6, 6.07) is 6.18.